The van der Waals surface area contributed by atoms with Gasteiger partial charge in [0.05, 0.1) is 0 Å². The minimum absolute atomic E-state index is 0.0103. The summed E-state index contributed by atoms with van der Waals surface area (Å²) in [6, 6.07) is 41.0. The second-order valence-corrected chi connectivity index (χ2v) is 14.4. The number of furan rings is 1. The Kier molecular flexibility index (Phi) is 5.25. The third-order valence-corrected chi connectivity index (χ3v) is 12.1. The number of benzene rings is 5. The number of rotatable bonds is 3. The Morgan fingerprint density at radius 3 is 1.91 bits per heavy atom. The normalized spacial score (nSPS) is 25.1. The van der Waals surface area contributed by atoms with Gasteiger partial charge in [0.2, 0.25) is 0 Å². The smallest absolute Gasteiger partial charge is 0.164 e. The summed E-state index contributed by atoms with van der Waals surface area (Å²) >= 11 is 0. The number of para-hydroxylation sites is 1. The molecule has 12 rings (SSSR count). The molecule has 4 saturated carbocycles. The largest absolute Gasteiger partial charge is 0.456 e. The highest BCUT2D eigenvalue weighted by atomic mass is 16.3. The van der Waals surface area contributed by atoms with Gasteiger partial charge < -0.3 is 4.42 Å². The molecule has 0 amide bonds. The molecule has 2 heterocycles. The van der Waals surface area contributed by atoms with Crippen LogP contribution in [0, 0.1) is 23.7 Å². The minimum atomic E-state index is 0.0103. The van der Waals surface area contributed by atoms with E-state index in [0.717, 1.165) is 56.3 Å². The number of aromatic nitrogens is 3. The van der Waals surface area contributed by atoms with Crippen molar-refractivity contribution in [2.75, 3.05) is 0 Å². The van der Waals surface area contributed by atoms with E-state index in [0.29, 0.717) is 23.5 Å². The molecule has 5 aromatic carbocycles. The fourth-order valence-corrected chi connectivity index (χ4v) is 10.7. The van der Waals surface area contributed by atoms with Crippen LogP contribution < -0.4 is 0 Å². The predicted molar refractivity (Wildman–Crippen MR) is 187 cm³/mol. The van der Waals surface area contributed by atoms with E-state index < -0.39 is 0 Å². The van der Waals surface area contributed by atoms with Crippen LogP contribution in [0.15, 0.2) is 120 Å². The summed E-state index contributed by atoms with van der Waals surface area (Å²) in [5, 5.41) is 2.12. The maximum absolute atomic E-state index is 6.30. The third-order valence-electron chi connectivity index (χ3n) is 12.1. The molecule has 0 unspecified atom stereocenters. The summed E-state index contributed by atoms with van der Waals surface area (Å²) in [4.78, 5) is 15.9. The molecule has 5 aliphatic rings. The van der Waals surface area contributed by atoms with E-state index in [2.05, 4.69) is 84.9 Å². The van der Waals surface area contributed by atoms with Crippen LogP contribution in [0.2, 0.25) is 0 Å². The number of hydrogen-bond acceptors (Lipinski definition) is 4. The molecule has 7 aromatic rings. The molecule has 2 aromatic heterocycles. The molecule has 4 heteroatoms. The van der Waals surface area contributed by atoms with Gasteiger partial charge in [0.1, 0.15) is 11.2 Å². The lowest BCUT2D eigenvalue weighted by molar-refractivity contribution is -0.0397. The molecule has 4 fully saturated rings. The summed E-state index contributed by atoms with van der Waals surface area (Å²) in [5.41, 5.74) is 10.6. The monoisotopic (exact) mass is 607 g/mol. The summed E-state index contributed by atoms with van der Waals surface area (Å²) in [7, 11) is 0. The molecule has 1 spiro atoms. The maximum Gasteiger partial charge on any atom is 0.164 e. The molecule has 4 bridgehead atoms. The van der Waals surface area contributed by atoms with Crippen molar-refractivity contribution in [2.24, 2.45) is 23.7 Å². The van der Waals surface area contributed by atoms with Crippen molar-refractivity contribution < 1.29 is 4.42 Å². The molecular weight excluding hydrogens is 574 g/mol. The number of fused-ring (bicyclic) bond motifs is 6. The minimum Gasteiger partial charge on any atom is -0.456 e. The standard InChI is InChI=1S/C43H33N3O/c1-2-10-27(11-3-1)40-44-41(33-15-9-19-37-38(33)32-13-5-7-18-36(32)47-37)46-42(45-40)34-16-8-14-31-30-12-4-6-17-35(30)43(39(31)34)28-21-25-20-26(23-28)24-29(43)22-25/h1-19,25-26,28-29H,20-24H2. The van der Waals surface area contributed by atoms with Gasteiger partial charge in [-0.2, -0.15) is 0 Å². The Labute approximate surface area is 273 Å². The summed E-state index contributed by atoms with van der Waals surface area (Å²) in [5.74, 6) is 5.21. The van der Waals surface area contributed by atoms with Gasteiger partial charge in [-0.15, -0.1) is 0 Å². The van der Waals surface area contributed by atoms with Gasteiger partial charge in [-0.25, -0.2) is 15.0 Å². The van der Waals surface area contributed by atoms with Gasteiger partial charge in [-0.1, -0.05) is 103 Å². The van der Waals surface area contributed by atoms with Crippen molar-refractivity contribution >= 4 is 21.9 Å². The van der Waals surface area contributed by atoms with E-state index in [1.54, 1.807) is 5.56 Å². The molecule has 4 nitrogen and oxygen atoms in total. The Hall–Kier alpha value is -5.09. The molecule has 0 radical (unpaired) electrons. The lowest BCUT2D eigenvalue weighted by Crippen LogP contribution is -2.55. The van der Waals surface area contributed by atoms with E-state index in [1.165, 1.54) is 48.8 Å². The Balaban J connectivity index is 1.20. The highest BCUT2D eigenvalue weighted by Gasteiger charge is 2.62. The van der Waals surface area contributed by atoms with Crippen LogP contribution in [0.1, 0.15) is 43.2 Å². The van der Waals surface area contributed by atoms with E-state index in [1.807, 2.05) is 30.3 Å². The average Bonchev–Trinajstić information content (AvgIpc) is 3.65. The zero-order chi connectivity index (χ0) is 30.7. The summed E-state index contributed by atoms with van der Waals surface area (Å²) < 4.78 is 6.30. The van der Waals surface area contributed by atoms with Gasteiger partial charge in [0.15, 0.2) is 17.5 Å². The second kappa shape index (κ2) is 9.48. The van der Waals surface area contributed by atoms with Crippen molar-refractivity contribution in [2.45, 2.75) is 37.5 Å². The van der Waals surface area contributed by atoms with E-state index in [4.69, 9.17) is 19.4 Å². The Bertz CT molecular complexity index is 2360. The van der Waals surface area contributed by atoms with Crippen LogP contribution in [-0.2, 0) is 5.41 Å². The molecule has 0 saturated heterocycles. The maximum atomic E-state index is 6.30. The van der Waals surface area contributed by atoms with Crippen LogP contribution in [0.5, 0.6) is 0 Å². The predicted octanol–water partition coefficient (Wildman–Crippen LogP) is 10.5. The third kappa shape index (κ3) is 3.51. The van der Waals surface area contributed by atoms with Crippen molar-refractivity contribution in [3.8, 4) is 45.3 Å². The van der Waals surface area contributed by atoms with Crippen LogP contribution in [0.4, 0.5) is 0 Å². The van der Waals surface area contributed by atoms with E-state index >= 15 is 0 Å². The summed E-state index contributed by atoms with van der Waals surface area (Å²) in [6.07, 6.45) is 6.78. The average molecular weight is 608 g/mol. The van der Waals surface area contributed by atoms with Crippen molar-refractivity contribution in [1.29, 1.82) is 0 Å². The van der Waals surface area contributed by atoms with Crippen LogP contribution >= 0.6 is 0 Å². The molecule has 47 heavy (non-hydrogen) atoms. The van der Waals surface area contributed by atoms with Gasteiger partial charge >= 0.3 is 0 Å². The highest BCUT2D eigenvalue weighted by Crippen LogP contribution is 2.70. The molecule has 226 valence electrons. The lowest BCUT2D eigenvalue weighted by Gasteiger charge is -2.61. The Morgan fingerprint density at radius 2 is 1.09 bits per heavy atom. The summed E-state index contributed by atoms with van der Waals surface area (Å²) in [6.45, 7) is 0. The first kappa shape index (κ1) is 26.0. The van der Waals surface area contributed by atoms with Gasteiger partial charge in [-0.05, 0) is 90.2 Å². The molecule has 0 atom stereocenters. The topological polar surface area (TPSA) is 51.8 Å². The first-order chi connectivity index (χ1) is 23.3. The van der Waals surface area contributed by atoms with Gasteiger partial charge in [-0.3, -0.25) is 0 Å². The number of hydrogen-bond donors (Lipinski definition) is 0. The lowest BCUT2D eigenvalue weighted by atomic mass is 9.43. The SMILES string of the molecule is c1ccc(-c2nc(-c3cccc4c3C3(c5ccccc5-4)C4CC5CC(C4)CC3C5)nc(-c3cccc4oc5ccccc5c34)n2)cc1. The first-order valence-corrected chi connectivity index (χ1v) is 17.2. The van der Waals surface area contributed by atoms with Crippen molar-refractivity contribution in [1.82, 2.24) is 15.0 Å². The molecule has 5 aliphatic carbocycles. The van der Waals surface area contributed by atoms with Crippen molar-refractivity contribution in [3.05, 3.63) is 126 Å². The Morgan fingerprint density at radius 1 is 0.489 bits per heavy atom. The fraction of sp³-hybridized carbons (Fsp3) is 0.233. The van der Waals surface area contributed by atoms with Crippen LogP contribution in [0.25, 0.3) is 67.2 Å². The van der Waals surface area contributed by atoms with Crippen LogP contribution in [-0.4, -0.2) is 15.0 Å². The first-order valence-electron chi connectivity index (χ1n) is 17.2. The molecule has 0 N–H and O–H groups in total. The van der Waals surface area contributed by atoms with Crippen LogP contribution in [0.3, 0.4) is 0 Å². The highest BCUT2D eigenvalue weighted by molar-refractivity contribution is 6.11. The zero-order valence-electron chi connectivity index (χ0n) is 26.1. The second-order valence-electron chi connectivity index (χ2n) is 14.4. The quantitative estimate of drug-likeness (QED) is 0.201. The molecule has 0 aliphatic heterocycles. The zero-order valence-corrected chi connectivity index (χ0v) is 26.1. The van der Waals surface area contributed by atoms with E-state index in [9.17, 15) is 0 Å². The fourth-order valence-electron chi connectivity index (χ4n) is 10.7. The van der Waals surface area contributed by atoms with Crippen molar-refractivity contribution in [3.63, 3.8) is 0 Å². The number of nitrogens with zero attached hydrogens (tertiary/aromatic N) is 3. The molecular formula is C43H33N3O. The van der Waals surface area contributed by atoms with Gasteiger partial charge in [0.25, 0.3) is 0 Å². The van der Waals surface area contributed by atoms with Gasteiger partial charge in [0, 0.05) is 32.9 Å². The van der Waals surface area contributed by atoms with E-state index in [-0.39, 0.29) is 5.41 Å².